The molecule has 0 aromatic heterocycles. The molecule has 20 heavy (non-hydrogen) atoms. The molecule has 1 aliphatic heterocycles. The zero-order valence-corrected chi connectivity index (χ0v) is 10.9. The van der Waals surface area contributed by atoms with E-state index in [0.717, 1.165) is 13.1 Å². The van der Waals surface area contributed by atoms with Crippen LogP contribution in [0.4, 0.5) is 26.3 Å². The highest BCUT2D eigenvalue weighted by atomic mass is 19.4. The van der Waals surface area contributed by atoms with Crippen molar-refractivity contribution in [3.8, 4) is 0 Å². The summed E-state index contributed by atoms with van der Waals surface area (Å²) in [7, 11) is 0.865. The van der Waals surface area contributed by atoms with Gasteiger partial charge in [0.2, 0.25) is 5.54 Å². The highest BCUT2D eigenvalue weighted by Crippen LogP contribution is 2.55. The van der Waals surface area contributed by atoms with Gasteiger partial charge in [-0.2, -0.15) is 26.3 Å². The highest BCUT2D eigenvalue weighted by Gasteiger charge is 2.75. The smallest absolute Gasteiger partial charge is 0.281 e. The van der Waals surface area contributed by atoms with Crippen LogP contribution in [-0.4, -0.2) is 30.8 Å². The molecule has 1 nitrogen and oxygen atoms in total. The van der Waals surface area contributed by atoms with Crippen LogP contribution in [0.3, 0.4) is 0 Å². The Morgan fingerprint density at radius 1 is 1.05 bits per heavy atom. The fourth-order valence-electron chi connectivity index (χ4n) is 2.84. The van der Waals surface area contributed by atoms with E-state index in [0.29, 0.717) is 10.5 Å². The lowest BCUT2D eigenvalue weighted by atomic mass is 9.79. The molecule has 0 amide bonds. The third-order valence-electron chi connectivity index (χ3n) is 3.76. The van der Waals surface area contributed by atoms with Crippen LogP contribution in [-0.2, 0) is 12.0 Å². The molecule has 0 radical (unpaired) electrons. The molecule has 1 heterocycles. The van der Waals surface area contributed by atoms with E-state index < -0.39 is 23.5 Å². The summed E-state index contributed by atoms with van der Waals surface area (Å²) in [5.41, 5.74) is -3.89. The number of aryl methyl sites for hydroxylation is 1. The Kier molecular flexibility index (Phi) is 3.32. The molecule has 0 N–H and O–H groups in total. The van der Waals surface area contributed by atoms with Gasteiger partial charge in [0.05, 0.1) is 0 Å². The number of hydrogen-bond acceptors (Lipinski definition) is 1. The van der Waals surface area contributed by atoms with Crippen molar-refractivity contribution in [2.45, 2.75) is 31.2 Å². The Morgan fingerprint density at radius 3 is 2.10 bits per heavy atom. The number of fused-ring (bicyclic) bond motifs is 1. The fraction of sp³-hybridized carbons (Fsp3) is 0.538. The van der Waals surface area contributed by atoms with Crippen LogP contribution < -0.4 is 0 Å². The number of likely N-dealkylation sites (N-methyl/N-ethyl adjacent to an activating group) is 1. The zero-order chi connectivity index (χ0) is 15.3. The maximum absolute atomic E-state index is 13.4. The van der Waals surface area contributed by atoms with Gasteiger partial charge in [0.25, 0.3) is 0 Å². The van der Waals surface area contributed by atoms with Crippen LogP contribution in [0.5, 0.6) is 0 Å². The van der Waals surface area contributed by atoms with Crippen molar-refractivity contribution in [3.63, 3.8) is 0 Å². The summed E-state index contributed by atoms with van der Waals surface area (Å²) >= 11 is 0. The van der Waals surface area contributed by atoms with E-state index in [9.17, 15) is 26.3 Å². The number of nitrogens with zero attached hydrogens (tertiary/aromatic N) is 1. The van der Waals surface area contributed by atoms with Gasteiger partial charge in [-0.15, -0.1) is 0 Å². The lowest BCUT2D eigenvalue weighted by Crippen LogP contribution is -2.65. The third kappa shape index (κ3) is 1.90. The minimum atomic E-state index is -5.44. The number of alkyl halides is 6. The number of halogens is 6. The molecule has 112 valence electrons. The predicted molar refractivity (Wildman–Crippen MR) is 61.3 cm³/mol. The van der Waals surface area contributed by atoms with Gasteiger partial charge in [-0.25, -0.2) is 0 Å². The molecule has 1 aliphatic rings. The van der Waals surface area contributed by atoms with Crippen molar-refractivity contribution < 1.29 is 26.3 Å². The van der Waals surface area contributed by atoms with Gasteiger partial charge < -0.3 is 0 Å². The summed E-state index contributed by atoms with van der Waals surface area (Å²) in [6, 6.07) is 3.63. The van der Waals surface area contributed by atoms with Crippen molar-refractivity contribution in [1.82, 2.24) is 4.90 Å². The molecule has 0 spiro atoms. The molecular weight excluding hydrogens is 284 g/mol. The first-order chi connectivity index (χ1) is 9.01. The lowest BCUT2D eigenvalue weighted by molar-refractivity contribution is -0.347. The lowest BCUT2D eigenvalue weighted by Gasteiger charge is -2.47. The van der Waals surface area contributed by atoms with Gasteiger partial charge in [-0.3, -0.25) is 4.90 Å². The van der Waals surface area contributed by atoms with E-state index in [4.69, 9.17) is 0 Å². The maximum Gasteiger partial charge on any atom is 0.419 e. The highest BCUT2D eigenvalue weighted by molar-refractivity contribution is 5.41. The first-order valence-corrected chi connectivity index (χ1v) is 5.96. The molecule has 1 aromatic carbocycles. The molecule has 0 saturated carbocycles. The van der Waals surface area contributed by atoms with E-state index in [-0.39, 0.29) is 18.5 Å². The molecule has 1 aromatic rings. The molecule has 0 aliphatic carbocycles. The average molecular weight is 297 g/mol. The summed E-state index contributed by atoms with van der Waals surface area (Å²) in [5.74, 6) is 0. The van der Waals surface area contributed by atoms with Gasteiger partial charge in [-0.1, -0.05) is 23.8 Å². The number of benzene rings is 1. The summed E-state index contributed by atoms with van der Waals surface area (Å²) < 4.78 is 80.2. The molecule has 0 fully saturated rings. The van der Waals surface area contributed by atoms with Crippen LogP contribution >= 0.6 is 0 Å². The summed E-state index contributed by atoms with van der Waals surface area (Å²) in [6.45, 7) is 1.34. The molecular formula is C13H13F6N. The second-order valence-electron chi connectivity index (χ2n) is 5.04. The number of hydrogen-bond donors (Lipinski definition) is 0. The van der Waals surface area contributed by atoms with Crippen LogP contribution in [0.25, 0.3) is 0 Å². The standard InChI is InChI=1S/C13H13F6N/c1-8-3-4-10-9(7-8)5-6-20(2)11(10,12(14,15)16)13(17,18)19/h3-4,7H,5-6H2,1-2H3. The van der Waals surface area contributed by atoms with Gasteiger partial charge >= 0.3 is 12.4 Å². The molecule has 0 atom stereocenters. The Bertz CT molecular complexity index is 503. The van der Waals surface area contributed by atoms with Gasteiger partial charge in [0.1, 0.15) is 0 Å². The van der Waals surface area contributed by atoms with Crippen molar-refractivity contribution in [3.05, 3.63) is 34.9 Å². The van der Waals surface area contributed by atoms with Gasteiger partial charge in [-0.05, 0) is 31.5 Å². The monoisotopic (exact) mass is 297 g/mol. The van der Waals surface area contributed by atoms with Crippen molar-refractivity contribution in [2.24, 2.45) is 0 Å². The Balaban J connectivity index is 2.81. The minimum absolute atomic E-state index is 0.109. The van der Waals surface area contributed by atoms with Crippen LogP contribution in [0.1, 0.15) is 16.7 Å². The average Bonchev–Trinajstić information content (AvgIpc) is 2.25. The van der Waals surface area contributed by atoms with E-state index in [1.54, 1.807) is 6.92 Å². The normalized spacial score (nSPS) is 19.8. The molecule has 0 saturated heterocycles. The minimum Gasteiger partial charge on any atom is -0.281 e. The molecule has 0 bridgehead atoms. The van der Waals surface area contributed by atoms with Crippen LogP contribution in [0.2, 0.25) is 0 Å². The van der Waals surface area contributed by atoms with E-state index in [1.807, 2.05) is 0 Å². The SMILES string of the molecule is Cc1ccc2c(c1)CCN(C)C2(C(F)(F)F)C(F)(F)F. The van der Waals surface area contributed by atoms with Gasteiger partial charge in [0, 0.05) is 6.54 Å². The first-order valence-electron chi connectivity index (χ1n) is 5.96. The predicted octanol–water partition coefficient (Wildman–Crippen LogP) is 3.80. The summed E-state index contributed by atoms with van der Waals surface area (Å²) in [6.07, 6.45) is -10.7. The van der Waals surface area contributed by atoms with Crippen LogP contribution in [0.15, 0.2) is 18.2 Å². The molecule has 0 unspecified atom stereocenters. The maximum atomic E-state index is 13.4. The van der Waals surface area contributed by atoms with Gasteiger partial charge in [0.15, 0.2) is 0 Å². The van der Waals surface area contributed by atoms with Crippen molar-refractivity contribution >= 4 is 0 Å². The van der Waals surface area contributed by atoms with Crippen molar-refractivity contribution in [1.29, 1.82) is 0 Å². The third-order valence-corrected chi connectivity index (χ3v) is 3.76. The van der Waals surface area contributed by atoms with E-state index in [2.05, 4.69) is 0 Å². The Labute approximate surface area is 112 Å². The molecule has 7 heteroatoms. The first kappa shape index (κ1) is 15.2. The summed E-state index contributed by atoms with van der Waals surface area (Å²) in [4.78, 5) is 0.352. The number of rotatable bonds is 0. The largest absolute Gasteiger partial charge is 0.419 e. The van der Waals surface area contributed by atoms with Crippen molar-refractivity contribution in [2.75, 3.05) is 13.6 Å². The van der Waals surface area contributed by atoms with E-state index >= 15 is 0 Å². The Hall–Kier alpha value is -1.24. The Morgan fingerprint density at radius 2 is 1.60 bits per heavy atom. The fourth-order valence-corrected chi connectivity index (χ4v) is 2.84. The van der Waals surface area contributed by atoms with Crippen LogP contribution in [0, 0.1) is 6.92 Å². The second-order valence-corrected chi connectivity index (χ2v) is 5.04. The molecule has 2 rings (SSSR count). The second kappa shape index (κ2) is 4.38. The topological polar surface area (TPSA) is 3.24 Å². The zero-order valence-electron chi connectivity index (χ0n) is 10.9. The summed E-state index contributed by atoms with van der Waals surface area (Å²) in [5, 5.41) is 0. The van der Waals surface area contributed by atoms with E-state index in [1.165, 1.54) is 12.1 Å². The quantitative estimate of drug-likeness (QED) is 0.658.